The van der Waals surface area contributed by atoms with Gasteiger partial charge in [0.1, 0.15) is 44.3 Å². The third kappa shape index (κ3) is 19.8. The van der Waals surface area contributed by atoms with Crippen molar-refractivity contribution in [2.24, 2.45) is 14.1 Å². The number of likely N-dealkylation sites (N-methyl/N-ethyl adjacent to an activating group) is 1. The number of aromatic nitrogens is 12. The van der Waals surface area contributed by atoms with Gasteiger partial charge in [-0.3, -0.25) is 33.9 Å². The Balaban J connectivity index is 0.000000159. The van der Waals surface area contributed by atoms with E-state index < -0.39 is 15.8 Å². The molecule has 0 radical (unpaired) electrons. The zero-order chi connectivity index (χ0) is 75.1. The minimum atomic E-state index is -3.07. The number of ether oxygens (including phenoxy) is 6. The van der Waals surface area contributed by atoms with Crippen molar-refractivity contribution in [2.45, 2.75) is 45.2 Å². The second kappa shape index (κ2) is 34.6. The molecule has 0 amide bonds. The molecule has 0 bridgehead atoms. The number of sulfone groups is 1. The molecule has 0 unspecified atom stereocenters. The van der Waals surface area contributed by atoms with Crippen LogP contribution in [0.2, 0.25) is 0 Å². The highest BCUT2D eigenvalue weighted by Crippen LogP contribution is 2.39. The number of anilines is 6. The van der Waals surface area contributed by atoms with E-state index in [1.165, 1.54) is 6.26 Å². The number of alkyl halides is 2. The first-order valence-electron chi connectivity index (χ1n) is 34.6. The first-order valence-corrected chi connectivity index (χ1v) is 36.6. The zero-order valence-corrected chi connectivity index (χ0v) is 62.6. The van der Waals surface area contributed by atoms with Crippen LogP contribution in [0, 0.1) is 0 Å². The van der Waals surface area contributed by atoms with Crippen LogP contribution >= 0.6 is 0 Å². The van der Waals surface area contributed by atoms with Crippen LogP contribution in [0.3, 0.4) is 0 Å². The number of fused-ring (bicyclic) bond motifs is 3. The molecule has 1 aliphatic heterocycles. The molecule has 29 heteroatoms. The van der Waals surface area contributed by atoms with Crippen LogP contribution in [0.25, 0.3) is 66.9 Å². The maximum absolute atomic E-state index is 13.7. The molecule has 106 heavy (non-hydrogen) atoms. The molecule has 2 N–H and O–H groups in total. The number of aryl methyl sites for hydroxylation is 3. The lowest BCUT2D eigenvalue weighted by molar-refractivity contribution is 0.0122. The fraction of sp³-hybridized carbons (Fsp3) is 0.338. The normalized spacial score (nSPS) is 12.7. The molecule has 1 saturated heterocycles. The molecule has 1 aliphatic rings. The molecule has 0 saturated carbocycles. The van der Waals surface area contributed by atoms with Gasteiger partial charge in [-0.05, 0) is 68.1 Å². The maximum atomic E-state index is 13.7. The number of nitrogens with one attached hydrogen (secondary N) is 2. The van der Waals surface area contributed by atoms with Crippen molar-refractivity contribution in [3.63, 3.8) is 0 Å². The van der Waals surface area contributed by atoms with E-state index in [9.17, 15) is 17.2 Å². The summed E-state index contributed by atoms with van der Waals surface area (Å²) in [5, 5.41) is 19.5. The first kappa shape index (κ1) is 76.0. The number of halogens is 2. The predicted octanol–water partition coefficient (Wildman–Crippen LogP) is 12.0. The van der Waals surface area contributed by atoms with Crippen LogP contribution in [-0.4, -0.2) is 199 Å². The largest absolute Gasteiger partial charge is 0.497 e. The quantitative estimate of drug-likeness (QED) is 0.0441. The van der Waals surface area contributed by atoms with E-state index in [0.717, 1.165) is 126 Å². The van der Waals surface area contributed by atoms with Gasteiger partial charge in [0.25, 0.3) is 5.92 Å². The number of hydrogen-bond acceptors (Lipinski definition) is 23. The summed E-state index contributed by atoms with van der Waals surface area (Å²) >= 11 is 0. The van der Waals surface area contributed by atoms with Gasteiger partial charge in [-0.25, -0.2) is 32.2 Å². The number of methoxy groups -OCH3 is 6. The van der Waals surface area contributed by atoms with Crippen molar-refractivity contribution < 1.29 is 45.6 Å². The molecule has 6 aromatic heterocycles. The Hall–Kier alpha value is -11.1. The van der Waals surface area contributed by atoms with Crippen LogP contribution in [0.15, 0.2) is 165 Å². The summed E-state index contributed by atoms with van der Waals surface area (Å²) < 4.78 is 88.4. The average molecular weight is 1470 g/mol. The lowest BCUT2D eigenvalue weighted by Gasteiger charge is -2.27. The molecule has 0 aliphatic carbocycles. The molecule has 13 rings (SSSR count). The summed E-state index contributed by atoms with van der Waals surface area (Å²) in [7, 11) is 12.4. The number of nitrogens with zero attached hydrogens (tertiary/aromatic N) is 16. The highest BCUT2D eigenvalue weighted by molar-refractivity contribution is 7.90. The summed E-state index contributed by atoms with van der Waals surface area (Å²) in [6, 6.07) is 35.8. The Morgan fingerprint density at radius 3 is 1.23 bits per heavy atom. The van der Waals surface area contributed by atoms with Gasteiger partial charge in [-0.15, -0.1) is 0 Å². The fourth-order valence-corrected chi connectivity index (χ4v) is 12.6. The van der Waals surface area contributed by atoms with Gasteiger partial charge in [0.2, 0.25) is 0 Å². The summed E-state index contributed by atoms with van der Waals surface area (Å²) in [6.45, 7) is 9.06. The molecule has 0 atom stereocenters. The highest BCUT2D eigenvalue weighted by atomic mass is 32.2. The Morgan fingerprint density at radius 1 is 0.491 bits per heavy atom. The van der Waals surface area contributed by atoms with Crippen LogP contribution in [-0.2, 0) is 30.5 Å². The number of hydrogen-bond donors (Lipinski definition) is 2. The minimum absolute atomic E-state index is 0.0262. The van der Waals surface area contributed by atoms with E-state index in [2.05, 4.69) is 81.6 Å². The smallest absolute Gasteiger partial charge is 0.261 e. The predicted molar refractivity (Wildman–Crippen MR) is 411 cm³/mol. The van der Waals surface area contributed by atoms with Gasteiger partial charge < -0.3 is 53.8 Å². The van der Waals surface area contributed by atoms with Gasteiger partial charge in [0, 0.05) is 203 Å². The Bertz CT molecular complexity index is 5010. The number of rotatable bonds is 29. The van der Waals surface area contributed by atoms with E-state index >= 15 is 0 Å². The van der Waals surface area contributed by atoms with Crippen LogP contribution in [0.4, 0.5) is 42.9 Å². The molecule has 6 aromatic carbocycles. The molecule has 12 aromatic rings. The summed E-state index contributed by atoms with van der Waals surface area (Å²) in [4.78, 5) is 36.7. The molecule has 26 nitrogen and oxygen atoms in total. The maximum Gasteiger partial charge on any atom is 0.261 e. The lowest BCUT2D eigenvalue weighted by atomic mass is 10.1. The van der Waals surface area contributed by atoms with Crippen LogP contribution < -0.4 is 53.8 Å². The Labute approximate surface area is 615 Å². The van der Waals surface area contributed by atoms with E-state index in [1.807, 2.05) is 135 Å². The average Bonchev–Trinajstić information content (AvgIpc) is 0.957. The van der Waals surface area contributed by atoms with Crippen molar-refractivity contribution in [1.82, 2.24) is 74.8 Å². The minimum Gasteiger partial charge on any atom is -0.497 e. The van der Waals surface area contributed by atoms with Gasteiger partial charge >= 0.3 is 0 Å². The Kier molecular flexibility index (Phi) is 24.8. The molecular weight excluding hydrogens is 1380 g/mol. The highest BCUT2D eigenvalue weighted by Gasteiger charge is 2.38. The van der Waals surface area contributed by atoms with Crippen molar-refractivity contribution in [2.75, 3.05) is 129 Å². The van der Waals surface area contributed by atoms with Gasteiger partial charge in [0.05, 0.1) is 149 Å². The fourth-order valence-electron chi connectivity index (χ4n) is 12.1. The number of likely N-dealkylation sites (tertiary alicyclic amines) is 1. The Morgan fingerprint density at radius 2 is 0.877 bits per heavy atom. The van der Waals surface area contributed by atoms with Gasteiger partial charge in [0.15, 0.2) is 0 Å². The first-order chi connectivity index (χ1) is 51.1. The molecule has 1 fully saturated rings. The van der Waals surface area contributed by atoms with Gasteiger partial charge in [-0.1, -0.05) is 13.8 Å². The second-order valence-corrected chi connectivity index (χ2v) is 28.1. The van der Waals surface area contributed by atoms with Crippen molar-refractivity contribution in [3.8, 4) is 68.3 Å². The van der Waals surface area contributed by atoms with Crippen LogP contribution in [0.1, 0.15) is 26.7 Å². The third-order valence-corrected chi connectivity index (χ3v) is 18.6. The number of benzene rings is 6. The van der Waals surface area contributed by atoms with Crippen molar-refractivity contribution in [1.29, 1.82) is 0 Å². The van der Waals surface area contributed by atoms with E-state index in [0.29, 0.717) is 67.3 Å². The zero-order valence-electron chi connectivity index (χ0n) is 61.7. The molecule has 0 spiro atoms. The molecule has 7 heterocycles. The monoisotopic (exact) mass is 1460 g/mol. The van der Waals surface area contributed by atoms with Gasteiger partial charge in [-0.2, -0.15) is 15.3 Å². The molecular formula is C77H90F2N18O8S. The standard InChI is InChI=1S/C27H30F2N6O2.C25H30N6O4S.C25H30N6O2/c1-33-17-19(15-31-33)26-16-30-24-6-5-20(13-25(24)32-26)35(9-4-8-34-10-7-27(28,29)18-34)21-11-22(36-2)14-23(12-21)37-3;1-26-7-8-31(20-11-21(34-2)14-22(12-20)35-3)19-5-6-23-24(13-19)29-25(16-27-23)18-15-28-30(17-18)9-10-36(4,32)33;1-17(2)26-8-9-31(20-10-21(32-4)13-22(11-20)33-5)19-6-7-23-24(12-19)29-25(15-27-23)18-14-28-30(3)16-18/h5-6,11-17H,4,7-10,18H2,1-3H3;5-6,11-17,26H,7-10H2,1-4H3;6-7,10-17,26H,8-9H2,1-5H3. The third-order valence-electron chi connectivity index (χ3n) is 17.7. The second-order valence-electron chi connectivity index (χ2n) is 25.8. The van der Waals surface area contributed by atoms with E-state index in [-0.39, 0.29) is 25.3 Å². The van der Waals surface area contributed by atoms with Crippen molar-refractivity contribution in [3.05, 3.63) is 165 Å². The van der Waals surface area contributed by atoms with E-state index in [1.54, 1.807) is 100 Å². The molecule has 556 valence electrons. The topological polar surface area (TPSA) is 257 Å². The SMILES string of the molecule is CNCCN(c1cc(OC)cc(OC)c1)c1ccc2ncc(-c3cnn(CCS(C)(=O)=O)c3)nc2c1.COc1cc(OC)cc(N(CCCN2CCC(F)(F)C2)c2ccc3ncc(-c4cnn(C)c4)nc3c2)c1.COc1cc(OC)cc(N(CCNC(C)C)c2ccc3ncc(-c4cnn(C)c4)nc3c2)c1. The summed E-state index contributed by atoms with van der Waals surface area (Å²) in [5.41, 5.74) is 15.1. The lowest BCUT2D eigenvalue weighted by Crippen LogP contribution is -2.32. The summed E-state index contributed by atoms with van der Waals surface area (Å²) in [6.07, 6.45) is 17.9. The van der Waals surface area contributed by atoms with Crippen LogP contribution in [0.5, 0.6) is 34.5 Å². The summed E-state index contributed by atoms with van der Waals surface area (Å²) in [5.74, 6) is 1.65. The van der Waals surface area contributed by atoms with E-state index in [4.69, 9.17) is 43.4 Å². The van der Waals surface area contributed by atoms with Crippen molar-refractivity contribution >= 4 is 77.1 Å².